The lowest BCUT2D eigenvalue weighted by atomic mass is 10.1. The van der Waals surface area contributed by atoms with Gasteiger partial charge in [-0.25, -0.2) is 0 Å². The van der Waals surface area contributed by atoms with Crippen molar-refractivity contribution >= 4 is 16.5 Å². The van der Waals surface area contributed by atoms with Crippen LogP contribution in [0.2, 0.25) is 0 Å². The number of nitrogens with zero attached hydrogens (tertiary/aromatic N) is 4. The third-order valence-electron chi connectivity index (χ3n) is 5.33. The molecular formula is C23H22N4O4. The lowest BCUT2D eigenvalue weighted by Gasteiger charge is -2.22. The molecule has 158 valence electrons. The first kappa shape index (κ1) is 20.5. The normalized spacial score (nSPS) is 12.3. The molecule has 0 saturated carbocycles. The minimum atomic E-state index is -0.441. The summed E-state index contributed by atoms with van der Waals surface area (Å²) in [6.07, 6.45) is 0. The third kappa shape index (κ3) is 4.39. The zero-order chi connectivity index (χ0) is 22.0. The van der Waals surface area contributed by atoms with Crippen molar-refractivity contribution in [3.05, 3.63) is 82.2 Å². The Balaban J connectivity index is 1.47. The second-order valence-electron chi connectivity index (χ2n) is 7.39. The van der Waals surface area contributed by atoms with E-state index in [2.05, 4.69) is 39.4 Å². The Bertz CT molecular complexity index is 1220. The Hall–Kier alpha value is -3.78. The van der Waals surface area contributed by atoms with Crippen LogP contribution in [0.15, 0.2) is 65.1 Å². The smallest absolute Gasteiger partial charge is 0.269 e. The van der Waals surface area contributed by atoms with Gasteiger partial charge in [0.05, 0.1) is 18.1 Å². The van der Waals surface area contributed by atoms with E-state index in [0.717, 1.165) is 16.5 Å². The largest absolute Gasteiger partial charge is 0.497 e. The fourth-order valence-corrected chi connectivity index (χ4v) is 3.36. The summed E-state index contributed by atoms with van der Waals surface area (Å²) in [4.78, 5) is 12.5. The highest BCUT2D eigenvalue weighted by molar-refractivity contribution is 5.84. The maximum absolute atomic E-state index is 10.8. The molecule has 1 heterocycles. The van der Waals surface area contributed by atoms with Gasteiger partial charge in [-0.1, -0.05) is 18.2 Å². The second kappa shape index (κ2) is 8.53. The van der Waals surface area contributed by atoms with E-state index in [-0.39, 0.29) is 11.7 Å². The molecule has 1 atom stereocenters. The molecule has 0 amide bonds. The van der Waals surface area contributed by atoms with E-state index in [1.807, 2.05) is 26.1 Å². The van der Waals surface area contributed by atoms with Crippen molar-refractivity contribution in [3.63, 3.8) is 0 Å². The maximum Gasteiger partial charge on any atom is 0.269 e. The van der Waals surface area contributed by atoms with Gasteiger partial charge in [0.2, 0.25) is 11.8 Å². The van der Waals surface area contributed by atoms with E-state index in [0.29, 0.717) is 23.9 Å². The van der Waals surface area contributed by atoms with Gasteiger partial charge < -0.3 is 9.15 Å². The highest BCUT2D eigenvalue weighted by Gasteiger charge is 2.20. The highest BCUT2D eigenvalue weighted by Crippen LogP contribution is 2.27. The van der Waals surface area contributed by atoms with Gasteiger partial charge in [0.25, 0.3) is 5.69 Å². The van der Waals surface area contributed by atoms with E-state index < -0.39 is 4.92 Å². The molecule has 8 heteroatoms. The molecule has 0 spiro atoms. The number of hydrogen-bond donors (Lipinski definition) is 0. The molecule has 0 N–H and O–H groups in total. The van der Waals surface area contributed by atoms with Crippen LogP contribution in [0.4, 0.5) is 5.69 Å². The first-order chi connectivity index (χ1) is 14.9. The summed E-state index contributed by atoms with van der Waals surface area (Å²) in [7, 11) is 3.66. The molecule has 8 nitrogen and oxygen atoms in total. The summed E-state index contributed by atoms with van der Waals surface area (Å²) >= 11 is 0. The van der Waals surface area contributed by atoms with Gasteiger partial charge in [-0.15, -0.1) is 10.2 Å². The molecule has 3 aromatic carbocycles. The topological polar surface area (TPSA) is 94.5 Å². The zero-order valence-electron chi connectivity index (χ0n) is 17.5. The Labute approximate surface area is 179 Å². The predicted molar refractivity (Wildman–Crippen MR) is 117 cm³/mol. The van der Waals surface area contributed by atoms with Crippen molar-refractivity contribution < 1.29 is 14.1 Å². The summed E-state index contributed by atoms with van der Waals surface area (Å²) in [5.74, 6) is 1.66. The molecule has 0 aliphatic heterocycles. The quantitative estimate of drug-likeness (QED) is 0.308. The Morgan fingerprint density at radius 1 is 1.06 bits per heavy atom. The summed E-state index contributed by atoms with van der Waals surface area (Å²) in [6, 6.07) is 18.3. The molecule has 0 saturated heterocycles. The maximum atomic E-state index is 10.8. The van der Waals surface area contributed by atoms with Crippen molar-refractivity contribution in [2.75, 3.05) is 14.2 Å². The average molecular weight is 418 g/mol. The first-order valence-electron chi connectivity index (χ1n) is 9.80. The van der Waals surface area contributed by atoms with Crippen LogP contribution in [0.3, 0.4) is 0 Å². The van der Waals surface area contributed by atoms with Crippen molar-refractivity contribution in [2.45, 2.75) is 19.5 Å². The van der Waals surface area contributed by atoms with Gasteiger partial charge in [0.15, 0.2) is 0 Å². The molecule has 0 aliphatic carbocycles. The number of nitro groups is 1. The highest BCUT2D eigenvalue weighted by atomic mass is 16.6. The van der Waals surface area contributed by atoms with Crippen LogP contribution in [-0.2, 0) is 6.54 Å². The molecule has 0 fully saturated rings. The van der Waals surface area contributed by atoms with Crippen LogP contribution in [0.1, 0.15) is 24.4 Å². The molecule has 0 aliphatic rings. The van der Waals surface area contributed by atoms with E-state index in [9.17, 15) is 10.1 Å². The van der Waals surface area contributed by atoms with Crippen LogP contribution in [0, 0.1) is 10.1 Å². The van der Waals surface area contributed by atoms with Crippen LogP contribution >= 0.6 is 0 Å². The van der Waals surface area contributed by atoms with E-state index in [4.69, 9.17) is 9.15 Å². The molecular weight excluding hydrogens is 396 g/mol. The molecule has 31 heavy (non-hydrogen) atoms. The molecule has 1 aromatic heterocycles. The number of methoxy groups -OCH3 is 1. The SMILES string of the molecule is COc1ccc2cc(CN(C)[C@H](C)c3nnc(-c4ccc([N+](=O)[O-])cc4)o3)ccc2c1. The van der Waals surface area contributed by atoms with Crippen molar-refractivity contribution in [3.8, 4) is 17.2 Å². The Kier molecular flexibility index (Phi) is 5.64. The molecule has 0 radical (unpaired) electrons. The first-order valence-corrected chi connectivity index (χ1v) is 9.80. The fraction of sp³-hybridized carbons (Fsp3) is 0.217. The van der Waals surface area contributed by atoms with Gasteiger partial charge in [-0.3, -0.25) is 15.0 Å². The number of fused-ring (bicyclic) bond motifs is 1. The van der Waals surface area contributed by atoms with Crippen LogP contribution in [0.25, 0.3) is 22.2 Å². The lowest BCUT2D eigenvalue weighted by Crippen LogP contribution is -2.22. The second-order valence-corrected chi connectivity index (χ2v) is 7.39. The van der Waals surface area contributed by atoms with E-state index >= 15 is 0 Å². The van der Waals surface area contributed by atoms with Gasteiger partial charge in [0.1, 0.15) is 5.75 Å². The van der Waals surface area contributed by atoms with Crippen LogP contribution < -0.4 is 4.74 Å². The van der Waals surface area contributed by atoms with Crippen molar-refractivity contribution in [1.82, 2.24) is 15.1 Å². The fourth-order valence-electron chi connectivity index (χ4n) is 3.36. The Morgan fingerprint density at radius 2 is 1.77 bits per heavy atom. The zero-order valence-corrected chi connectivity index (χ0v) is 17.5. The van der Waals surface area contributed by atoms with Crippen molar-refractivity contribution in [2.24, 2.45) is 0 Å². The number of aromatic nitrogens is 2. The lowest BCUT2D eigenvalue weighted by molar-refractivity contribution is -0.384. The predicted octanol–water partition coefficient (Wildman–Crippen LogP) is 5.00. The monoisotopic (exact) mass is 418 g/mol. The van der Waals surface area contributed by atoms with Crippen molar-refractivity contribution in [1.29, 1.82) is 0 Å². The summed E-state index contributed by atoms with van der Waals surface area (Å²) in [5.41, 5.74) is 1.83. The van der Waals surface area contributed by atoms with E-state index in [1.165, 1.54) is 17.7 Å². The number of non-ortho nitro benzene ring substituents is 1. The molecule has 0 unspecified atom stereocenters. The minimum Gasteiger partial charge on any atom is -0.497 e. The number of nitro benzene ring substituents is 1. The number of benzene rings is 3. The number of ether oxygens (including phenoxy) is 1. The van der Waals surface area contributed by atoms with Gasteiger partial charge in [0, 0.05) is 24.2 Å². The number of hydrogen-bond acceptors (Lipinski definition) is 7. The summed E-state index contributed by atoms with van der Waals surface area (Å²) in [6.45, 7) is 2.71. The van der Waals surface area contributed by atoms with Crippen LogP contribution in [0.5, 0.6) is 5.75 Å². The van der Waals surface area contributed by atoms with Crippen LogP contribution in [-0.4, -0.2) is 34.2 Å². The molecule has 4 aromatic rings. The van der Waals surface area contributed by atoms with Gasteiger partial charge >= 0.3 is 0 Å². The van der Waals surface area contributed by atoms with E-state index in [1.54, 1.807) is 19.2 Å². The molecule has 0 bridgehead atoms. The summed E-state index contributed by atoms with van der Waals surface area (Å²) in [5, 5.41) is 21.4. The Morgan fingerprint density at radius 3 is 2.48 bits per heavy atom. The minimum absolute atomic E-state index is 0.0189. The molecule has 4 rings (SSSR count). The number of rotatable bonds is 7. The summed E-state index contributed by atoms with van der Waals surface area (Å²) < 4.78 is 11.1. The third-order valence-corrected chi connectivity index (χ3v) is 5.33. The van der Waals surface area contributed by atoms with Gasteiger partial charge in [-0.2, -0.15) is 0 Å². The van der Waals surface area contributed by atoms with Gasteiger partial charge in [-0.05, 0) is 60.6 Å². The average Bonchev–Trinajstić information content (AvgIpc) is 3.28. The standard InChI is InChI=1S/C23H22N4O4/c1-15(22-24-25-23(31-22)17-6-9-20(10-7-17)27(28)29)26(2)14-16-4-5-19-13-21(30-3)11-8-18(19)12-16/h4-13,15H,14H2,1-3H3/t15-/m1/s1.